The Hall–Kier alpha value is -2.02. The lowest BCUT2D eigenvalue weighted by atomic mass is 10.1. The molecule has 0 fully saturated rings. The lowest BCUT2D eigenvalue weighted by molar-refractivity contribution is 0.549. The van der Waals surface area contributed by atoms with Gasteiger partial charge in [-0.3, -0.25) is 0 Å². The van der Waals surface area contributed by atoms with E-state index >= 15 is 0 Å². The number of fused-ring (bicyclic) bond motifs is 1. The molecule has 4 nitrogen and oxygen atoms in total. The van der Waals surface area contributed by atoms with Gasteiger partial charge in [-0.1, -0.05) is 37.3 Å². The van der Waals surface area contributed by atoms with Crippen LogP contribution in [0.2, 0.25) is 0 Å². The number of rotatable bonds is 4. The summed E-state index contributed by atoms with van der Waals surface area (Å²) in [7, 11) is 0. The number of halogens is 1. The summed E-state index contributed by atoms with van der Waals surface area (Å²) < 4.78 is 5.85. The van der Waals surface area contributed by atoms with Crippen molar-refractivity contribution in [3.05, 3.63) is 65.4 Å². The second-order valence-corrected chi connectivity index (χ2v) is 5.53. The van der Waals surface area contributed by atoms with Crippen molar-refractivity contribution in [3.8, 4) is 0 Å². The number of aryl methyl sites for hydroxylation is 2. The van der Waals surface area contributed by atoms with Crippen LogP contribution in [0.4, 0.5) is 5.69 Å². The van der Waals surface area contributed by atoms with Crippen LogP contribution in [0.5, 0.6) is 0 Å². The molecule has 3 N–H and O–H groups in total. The number of hydrogen-bond donors (Lipinski definition) is 2. The molecule has 0 aliphatic heterocycles. The molecule has 0 spiro atoms. The number of nitrogens with one attached hydrogen (secondary N) is 1. The van der Waals surface area contributed by atoms with Crippen molar-refractivity contribution in [2.24, 2.45) is 10.7 Å². The van der Waals surface area contributed by atoms with E-state index in [-0.39, 0.29) is 24.0 Å². The molecule has 0 aliphatic carbocycles. The third kappa shape index (κ3) is 4.08. The molecule has 0 unspecified atom stereocenters. The molecule has 5 heteroatoms. The van der Waals surface area contributed by atoms with E-state index < -0.39 is 0 Å². The monoisotopic (exact) mass is 435 g/mol. The molecule has 1 aromatic heterocycles. The van der Waals surface area contributed by atoms with Crippen LogP contribution in [-0.4, -0.2) is 5.96 Å². The van der Waals surface area contributed by atoms with Gasteiger partial charge in [-0.2, -0.15) is 0 Å². The van der Waals surface area contributed by atoms with Gasteiger partial charge in [-0.05, 0) is 37.1 Å². The highest BCUT2D eigenvalue weighted by molar-refractivity contribution is 14.0. The summed E-state index contributed by atoms with van der Waals surface area (Å²) in [5.74, 6) is 1.23. The van der Waals surface area contributed by atoms with Gasteiger partial charge in [0.2, 0.25) is 0 Å². The van der Waals surface area contributed by atoms with Crippen LogP contribution in [0.3, 0.4) is 0 Å². The molecule has 126 valence electrons. The first-order valence-electron chi connectivity index (χ1n) is 7.80. The van der Waals surface area contributed by atoms with Gasteiger partial charge in [0.1, 0.15) is 17.9 Å². The zero-order valence-electron chi connectivity index (χ0n) is 13.9. The Kier molecular flexibility index (Phi) is 6.25. The second-order valence-electron chi connectivity index (χ2n) is 5.53. The Balaban J connectivity index is 0.00000208. The first-order chi connectivity index (χ1) is 11.2. The predicted molar refractivity (Wildman–Crippen MR) is 111 cm³/mol. The van der Waals surface area contributed by atoms with Crippen LogP contribution >= 0.6 is 24.0 Å². The van der Waals surface area contributed by atoms with Crippen LogP contribution in [0.25, 0.3) is 11.0 Å². The summed E-state index contributed by atoms with van der Waals surface area (Å²) in [5.41, 5.74) is 10.2. The Morgan fingerprint density at radius 1 is 1.17 bits per heavy atom. The van der Waals surface area contributed by atoms with Crippen molar-refractivity contribution in [2.75, 3.05) is 5.32 Å². The molecular formula is C19H22IN3O. The molecule has 0 atom stereocenters. The van der Waals surface area contributed by atoms with Crippen LogP contribution in [-0.2, 0) is 13.0 Å². The standard InChI is InChI=1S/C19H21N3O.HI/c1-3-14-7-6-8-15(11-14)22-19(20)21-12-18-13(2)16-9-4-5-10-17(16)23-18;/h4-11H,3,12H2,1-2H3,(H3,20,21,22);1H. The Morgan fingerprint density at radius 3 is 2.71 bits per heavy atom. The highest BCUT2D eigenvalue weighted by atomic mass is 127. The highest BCUT2D eigenvalue weighted by Crippen LogP contribution is 2.25. The molecule has 0 aliphatic rings. The van der Waals surface area contributed by atoms with Gasteiger partial charge in [0.15, 0.2) is 5.96 Å². The van der Waals surface area contributed by atoms with Crippen LogP contribution in [0.15, 0.2) is 57.9 Å². The van der Waals surface area contributed by atoms with Crippen molar-refractivity contribution in [2.45, 2.75) is 26.8 Å². The molecular weight excluding hydrogens is 413 g/mol. The van der Waals surface area contributed by atoms with E-state index in [1.165, 1.54) is 5.56 Å². The predicted octanol–water partition coefficient (Wildman–Crippen LogP) is 4.85. The minimum absolute atomic E-state index is 0. The van der Waals surface area contributed by atoms with Crippen molar-refractivity contribution in [1.29, 1.82) is 0 Å². The molecule has 0 saturated heterocycles. The number of benzene rings is 2. The average Bonchev–Trinajstić information content (AvgIpc) is 2.90. The number of aliphatic imine (C=N–C) groups is 1. The summed E-state index contributed by atoms with van der Waals surface area (Å²) in [5, 5.41) is 4.25. The molecule has 0 amide bonds. The van der Waals surface area contributed by atoms with E-state index in [0.717, 1.165) is 34.4 Å². The minimum Gasteiger partial charge on any atom is -0.459 e. The summed E-state index contributed by atoms with van der Waals surface area (Å²) in [4.78, 5) is 4.39. The van der Waals surface area contributed by atoms with Gasteiger partial charge >= 0.3 is 0 Å². The van der Waals surface area contributed by atoms with Crippen LogP contribution in [0, 0.1) is 6.92 Å². The Morgan fingerprint density at radius 2 is 1.96 bits per heavy atom. The number of nitrogens with zero attached hydrogens (tertiary/aromatic N) is 1. The SMILES string of the molecule is CCc1cccc(NC(N)=NCc2oc3ccccc3c2C)c1.I. The first-order valence-corrected chi connectivity index (χ1v) is 7.80. The maximum atomic E-state index is 5.99. The van der Waals surface area contributed by atoms with Gasteiger partial charge in [-0.25, -0.2) is 4.99 Å². The second kappa shape index (κ2) is 8.19. The fourth-order valence-electron chi connectivity index (χ4n) is 2.59. The molecule has 0 radical (unpaired) electrons. The van der Waals surface area contributed by atoms with E-state index in [1.54, 1.807) is 0 Å². The van der Waals surface area contributed by atoms with E-state index in [2.05, 4.69) is 35.4 Å². The Bertz CT molecular complexity index is 855. The molecule has 0 saturated carbocycles. The van der Waals surface area contributed by atoms with Crippen molar-refractivity contribution in [3.63, 3.8) is 0 Å². The molecule has 1 heterocycles. The van der Waals surface area contributed by atoms with Crippen molar-refractivity contribution >= 4 is 46.6 Å². The van der Waals surface area contributed by atoms with Gasteiger partial charge < -0.3 is 15.5 Å². The lowest BCUT2D eigenvalue weighted by Crippen LogP contribution is -2.22. The number of para-hydroxylation sites is 1. The van der Waals surface area contributed by atoms with Crippen LogP contribution in [0.1, 0.15) is 23.8 Å². The average molecular weight is 435 g/mol. The Labute approximate surface area is 159 Å². The van der Waals surface area contributed by atoms with E-state index in [0.29, 0.717) is 12.5 Å². The van der Waals surface area contributed by atoms with Gasteiger partial charge in [-0.15, -0.1) is 24.0 Å². The number of anilines is 1. The summed E-state index contributed by atoms with van der Waals surface area (Å²) in [6.07, 6.45) is 0.991. The quantitative estimate of drug-likeness (QED) is 0.350. The number of nitrogens with two attached hydrogens (primary N) is 1. The van der Waals surface area contributed by atoms with Gasteiger partial charge in [0.25, 0.3) is 0 Å². The normalized spacial score (nSPS) is 11.3. The molecule has 0 bridgehead atoms. The van der Waals surface area contributed by atoms with E-state index in [9.17, 15) is 0 Å². The number of furan rings is 1. The summed E-state index contributed by atoms with van der Waals surface area (Å²) >= 11 is 0. The smallest absolute Gasteiger partial charge is 0.193 e. The fourth-order valence-corrected chi connectivity index (χ4v) is 2.59. The zero-order chi connectivity index (χ0) is 16.2. The van der Waals surface area contributed by atoms with Crippen LogP contribution < -0.4 is 11.1 Å². The summed E-state index contributed by atoms with van der Waals surface area (Å²) in [6, 6.07) is 16.2. The van der Waals surface area contributed by atoms with Crippen molar-refractivity contribution < 1.29 is 4.42 Å². The molecule has 2 aromatic carbocycles. The largest absolute Gasteiger partial charge is 0.459 e. The molecule has 24 heavy (non-hydrogen) atoms. The first kappa shape index (κ1) is 18.3. The highest BCUT2D eigenvalue weighted by Gasteiger charge is 2.09. The number of hydrogen-bond acceptors (Lipinski definition) is 2. The fraction of sp³-hybridized carbons (Fsp3) is 0.211. The minimum atomic E-state index is 0. The van der Waals surface area contributed by atoms with Crippen molar-refractivity contribution in [1.82, 2.24) is 0 Å². The van der Waals surface area contributed by atoms with E-state index in [4.69, 9.17) is 10.2 Å². The topological polar surface area (TPSA) is 63.5 Å². The third-order valence-corrected chi connectivity index (χ3v) is 3.94. The zero-order valence-corrected chi connectivity index (χ0v) is 16.2. The lowest BCUT2D eigenvalue weighted by Gasteiger charge is -2.06. The number of guanidine groups is 1. The van der Waals surface area contributed by atoms with E-state index in [1.807, 2.05) is 37.3 Å². The maximum Gasteiger partial charge on any atom is 0.193 e. The third-order valence-electron chi connectivity index (χ3n) is 3.94. The molecule has 3 aromatic rings. The van der Waals surface area contributed by atoms with Gasteiger partial charge in [0.05, 0.1) is 0 Å². The maximum absolute atomic E-state index is 5.99. The summed E-state index contributed by atoms with van der Waals surface area (Å²) in [6.45, 7) is 4.60. The van der Waals surface area contributed by atoms with Gasteiger partial charge in [0, 0.05) is 16.6 Å². The molecule has 3 rings (SSSR count).